The summed E-state index contributed by atoms with van der Waals surface area (Å²) in [6.45, 7) is 4.75. The number of rotatable bonds is 2. The molecule has 0 radical (unpaired) electrons. The van der Waals surface area contributed by atoms with Crippen molar-refractivity contribution in [1.29, 1.82) is 5.26 Å². The number of hydrogen-bond acceptors (Lipinski definition) is 5. The van der Waals surface area contributed by atoms with Gasteiger partial charge in [0, 0.05) is 11.1 Å². The van der Waals surface area contributed by atoms with E-state index in [1.165, 1.54) is 12.1 Å². The molecule has 1 aromatic rings. The maximum atomic E-state index is 10.3. The number of nitrogens with zero attached hydrogens (tertiary/aromatic N) is 1. The van der Waals surface area contributed by atoms with Crippen LogP contribution in [0, 0.1) is 11.8 Å². The largest absolute Gasteiger partial charge is 3.00 e. The van der Waals surface area contributed by atoms with E-state index >= 15 is 0 Å². The second kappa shape index (κ2) is 7.56. The molecule has 0 aliphatic rings. The number of carboxylic acids is 2. The predicted octanol–water partition coefficient (Wildman–Crippen LogP) is -1.49. The minimum Gasteiger partial charge on any atom is -0.545 e. The number of carbonyl (C=O) groups excluding carboxylic acids is 2. The zero-order chi connectivity index (χ0) is 11.1. The van der Waals surface area contributed by atoms with E-state index in [-0.39, 0.29) is 28.2 Å². The summed E-state index contributed by atoms with van der Waals surface area (Å²) in [5.74, 6) is -3.04. The monoisotopic (exact) mass is 253 g/mol. The van der Waals surface area contributed by atoms with Crippen LogP contribution in [0.4, 0.5) is 0 Å². The second-order valence-electron chi connectivity index (χ2n) is 2.12. The molecule has 0 saturated heterocycles. The third kappa shape index (κ3) is 4.27. The van der Waals surface area contributed by atoms with Crippen molar-refractivity contribution in [3.63, 3.8) is 0 Å². The van der Waals surface area contributed by atoms with Crippen molar-refractivity contribution in [1.82, 2.24) is 0 Å². The van der Waals surface area contributed by atoms with E-state index in [2.05, 4.69) is 0 Å². The molecule has 0 unspecified atom stereocenters. The molecule has 1 rings (SSSR count). The molecule has 0 bridgehead atoms. The van der Waals surface area contributed by atoms with Crippen LogP contribution in [0.15, 0.2) is 24.3 Å². The third-order valence-corrected chi connectivity index (χ3v) is 1.37. The molecule has 1 aromatic carbocycles. The van der Waals surface area contributed by atoms with Crippen molar-refractivity contribution in [2.75, 3.05) is 0 Å². The van der Waals surface area contributed by atoms with Gasteiger partial charge in [-0.2, -0.15) is 0 Å². The summed E-state index contributed by atoms with van der Waals surface area (Å²) in [7, 11) is 0. The summed E-state index contributed by atoms with van der Waals surface area (Å²) in [5.41, 5.74) is -0.727. The van der Waals surface area contributed by atoms with Gasteiger partial charge in [0.2, 0.25) is 0 Å². The summed E-state index contributed by atoms with van der Waals surface area (Å²) in [6.07, 6.45) is 0. The summed E-state index contributed by atoms with van der Waals surface area (Å²) >= 11 is 0. The molecule has 0 N–H and O–H groups in total. The maximum absolute atomic E-state index is 10.3. The Morgan fingerprint density at radius 3 is 1.47 bits per heavy atom. The van der Waals surface area contributed by atoms with E-state index in [9.17, 15) is 19.8 Å². The van der Waals surface area contributed by atoms with Gasteiger partial charge in [-0.3, -0.25) is 0 Å². The van der Waals surface area contributed by atoms with Crippen molar-refractivity contribution in [2.24, 2.45) is 0 Å². The van der Waals surface area contributed by atoms with Gasteiger partial charge < -0.3 is 31.6 Å². The van der Waals surface area contributed by atoms with Crippen LogP contribution < -0.4 is 10.2 Å². The van der Waals surface area contributed by atoms with E-state index < -0.39 is 11.9 Å². The molecule has 80 valence electrons. The van der Waals surface area contributed by atoms with Crippen molar-refractivity contribution >= 4 is 11.9 Å². The Bertz CT molecular complexity index is 342. The van der Waals surface area contributed by atoms with Crippen molar-refractivity contribution in [2.45, 2.75) is 0 Å². The third-order valence-electron chi connectivity index (χ3n) is 1.37. The molecule has 0 aliphatic heterocycles. The van der Waals surface area contributed by atoms with Gasteiger partial charge in [-0.25, -0.2) is 0 Å². The Kier molecular flexibility index (Phi) is 7.88. The molecular formula is C9H4CuNO4. The molecule has 0 heterocycles. The summed E-state index contributed by atoms with van der Waals surface area (Å²) < 4.78 is 0. The predicted molar refractivity (Wildman–Crippen MR) is 40.1 cm³/mol. The fraction of sp³-hybridized carbons (Fsp3) is 0. The van der Waals surface area contributed by atoms with Gasteiger partial charge in [-0.05, 0) is 0 Å². The smallest absolute Gasteiger partial charge is 0.545 e. The summed E-state index contributed by atoms with van der Waals surface area (Å²) in [5, 5.41) is 26.9. The first-order chi connectivity index (χ1) is 6.63. The first-order valence-corrected chi connectivity index (χ1v) is 3.37. The van der Waals surface area contributed by atoms with Crippen molar-refractivity contribution in [3.05, 3.63) is 42.0 Å². The van der Waals surface area contributed by atoms with Crippen molar-refractivity contribution in [3.8, 4) is 0 Å². The number of hydrogen-bond donors (Lipinski definition) is 0. The van der Waals surface area contributed by atoms with Crippen LogP contribution in [-0.2, 0) is 17.1 Å². The Morgan fingerprint density at radius 1 is 1.00 bits per heavy atom. The van der Waals surface area contributed by atoms with Gasteiger partial charge in [-0.1, -0.05) is 24.3 Å². The molecule has 0 atom stereocenters. The Labute approximate surface area is 96.4 Å². The fourth-order valence-electron chi connectivity index (χ4n) is 0.839. The van der Waals surface area contributed by atoms with Crippen LogP contribution >= 0.6 is 0 Å². The van der Waals surface area contributed by atoms with Crippen LogP contribution in [0.2, 0.25) is 0 Å². The van der Waals surface area contributed by atoms with E-state index in [1.807, 2.05) is 0 Å². The molecule has 0 spiro atoms. The summed E-state index contributed by atoms with van der Waals surface area (Å²) in [4.78, 5) is 20.6. The number of benzene rings is 1. The van der Waals surface area contributed by atoms with Gasteiger partial charge in [0.05, 0.1) is 11.9 Å². The van der Waals surface area contributed by atoms with E-state index in [4.69, 9.17) is 11.8 Å². The molecular weight excluding hydrogens is 250 g/mol. The van der Waals surface area contributed by atoms with Gasteiger partial charge in [0.15, 0.2) is 0 Å². The first-order valence-electron chi connectivity index (χ1n) is 3.37. The molecule has 0 aliphatic carbocycles. The van der Waals surface area contributed by atoms with Crippen LogP contribution in [0.25, 0.3) is 0 Å². The Hall–Kier alpha value is -1.83. The average Bonchev–Trinajstić information content (AvgIpc) is 2.20. The minimum absolute atomic E-state index is 0. The SMILES string of the molecule is O=C([O-])c1ccccc1C(=O)[O-].[C-]#N.[Cu+3]. The van der Waals surface area contributed by atoms with E-state index in [0.717, 1.165) is 12.1 Å². The molecule has 0 saturated carbocycles. The zero-order valence-electron chi connectivity index (χ0n) is 7.19. The number of aromatic carboxylic acids is 2. The second-order valence-corrected chi connectivity index (χ2v) is 2.12. The molecule has 15 heavy (non-hydrogen) atoms. The van der Waals surface area contributed by atoms with Gasteiger partial charge in [0.25, 0.3) is 0 Å². The van der Waals surface area contributed by atoms with Gasteiger partial charge in [0.1, 0.15) is 0 Å². The minimum atomic E-state index is -1.52. The average molecular weight is 254 g/mol. The fourth-order valence-corrected chi connectivity index (χ4v) is 0.839. The quantitative estimate of drug-likeness (QED) is 0.472. The molecule has 5 nitrogen and oxygen atoms in total. The first kappa shape index (κ1) is 15.6. The van der Waals surface area contributed by atoms with Crippen LogP contribution in [-0.4, -0.2) is 11.9 Å². The molecule has 0 amide bonds. The van der Waals surface area contributed by atoms with Crippen molar-refractivity contribution < 1.29 is 36.9 Å². The Morgan fingerprint density at radius 2 is 1.27 bits per heavy atom. The van der Waals surface area contributed by atoms with Crippen LogP contribution in [0.3, 0.4) is 0 Å². The zero-order valence-corrected chi connectivity index (χ0v) is 8.13. The maximum Gasteiger partial charge on any atom is 3.00 e. The number of carboxylic acid groups (broad SMARTS) is 2. The van der Waals surface area contributed by atoms with Crippen LogP contribution in [0.1, 0.15) is 20.7 Å². The number of carbonyl (C=O) groups is 2. The standard InChI is InChI=1S/C8H6O4.CN.Cu/c9-7(10)5-3-1-2-4-6(5)8(11)12;1-2;/h1-4H,(H,9,10)(H,11,12);;/q;-1;+3/p-2. The van der Waals surface area contributed by atoms with Gasteiger partial charge in [-0.15, -0.1) is 0 Å². The van der Waals surface area contributed by atoms with E-state index in [1.54, 1.807) is 0 Å². The molecule has 6 heteroatoms. The van der Waals surface area contributed by atoms with Gasteiger partial charge >= 0.3 is 17.1 Å². The molecule has 0 aromatic heterocycles. The Balaban J connectivity index is 0. The molecule has 0 fully saturated rings. The normalized spacial score (nSPS) is 7.60. The summed E-state index contributed by atoms with van der Waals surface area (Å²) in [6, 6.07) is 5.14. The van der Waals surface area contributed by atoms with Crippen LogP contribution in [0.5, 0.6) is 0 Å². The topological polar surface area (TPSA) is 104 Å². The van der Waals surface area contributed by atoms with E-state index in [0.29, 0.717) is 0 Å².